The normalized spacial score (nSPS) is 20.1. The van der Waals surface area contributed by atoms with Gasteiger partial charge < -0.3 is 20.2 Å². The van der Waals surface area contributed by atoms with Crippen molar-refractivity contribution < 1.29 is 9.90 Å². The fourth-order valence-electron chi connectivity index (χ4n) is 3.02. The van der Waals surface area contributed by atoms with E-state index in [9.17, 15) is 9.90 Å². The number of nitrogens with one attached hydrogen (secondary N) is 1. The molecule has 2 atom stereocenters. The SMILES string of the molecule is CN(C)[C@H]1CN(C(=O)Nc2cccc(C=Cc3ccccn3)c2)C[C@@H]1O. The number of urea groups is 1. The molecule has 6 nitrogen and oxygen atoms in total. The molecule has 2 aromatic rings. The number of β-amino-alcohol motifs (C(OH)–C–C–N with tert-alkyl or cyclic N) is 1. The number of likely N-dealkylation sites (N-methyl/N-ethyl adjacent to an activating group) is 1. The maximum atomic E-state index is 12.5. The Bertz CT molecular complexity index is 776. The molecule has 0 radical (unpaired) electrons. The van der Waals surface area contributed by atoms with Crippen LogP contribution in [0.3, 0.4) is 0 Å². The number of carbonyl (C=O) groups excluding carboxylic acids is 1. The quantitative estimate of drug-likeness (QED) is 0.887. The van der Waals surface area contributed by atoms with Crippen LogP contribution in [0.4, 0.5) is 10.5 Å². The van der Waals surface area contributed by atoms with Gasteiger partial charge in [-0.15, -0.1) is 0 Å². The van der Waals surface area contributed by atoms with Crippen molar-refractivity contribution >= 4 is 23.9 Å². The van der Waals surface area contributed by atoms with Crippen LogP contribution in [0.15, 0.2) is 48.7 Å². The van der Waals surface area contributed by atoms with Gasteiger partial charge in [0.15, 0.2) is 0 Å². The van der Waals surface area contributed by atoms with Crippen molar-refractivity contribution in [2.45, 2.75) is 12.1 Å². The number of hydrogen-bond acceptors (Lipinski definition) is 4. The molecule has 2 heterocycles. The Morgan fingerprint density at radius 3 is 2.77 bits per heavy atom. The lowest BCUT2D eigenvalue weighted by atomic mass is 10.1. The first-order valence-electron chi connectivity index (χ1n) is 8.62. The maximum absolute atomic E-state index is 12.5. The van der Waals surface area contributed by atoms with Crippen molar-refractivity contribution in [2.24, 2.45) is 0 Å². The number of amides is 2. The monoisotopic (exact) mass is 352 g/mol. The zero-order valence-electron chi connectivity index (χ0n) is 15.0. The van der Waals surface area contributed by atoms with Crippen molar-refractivity contribution in [3.05, 3.63) is 59.9 Å². The molecule has 3 rings (SSSR count). The Balaban J connectivity index is 1.64. The van der Waals surface area contributed by atoms with Crippen molar-refractivity contribution in [3.8, 4) is 0 Å². The highest BCUT2D eigenvalue weighted by Crippen LogP contribution is 2.18. The summed E-state index contributed by atoms with van der Waals surface area (Å²) in [5, 5.41) is 13.0. The lowest BCUT2D eigenvalue weighted by Crippen LogP contribution is -2.38. The average molecular weight is 352 g/mol. The predicted molar refractivity (Wildman–Crippen MR) is 104 cm³/mol. The summed E-state index contributed by atoms with van der Waals surface area (Å²) in [5.74, 6) is 0. The van der Waals surface area contributed by atoms with Gasteiger partial charge in [0.25, 0.3) is 0 Å². The summed E-state index contributed by atoms with van der Waals surface area (Å²) in [4.78, 5) is 20.3. The number of hydrogen-bond donors (Lipinski definition) is 2. The molecule has 1 fully saturated rings. The second kappa shape index (κ2) is 8.12. The van der Waals surface area contributed by atoms with Crippen LogP contribution in [0, 0.1) is 0 Å². The number of pyridine rings is 1. The lowest BCUT2D eigenvalue weighted by Gasteiger charge is -2.21. The molecule has 1 aliphatic rings. The molecule has 0 aliphatic carbocycles. The van der Waals surface area contributed by atoms with Crippen LogP contribution < -0.4 is 5.32 Å². The number of nitrogens with zero attached hydrogens (tertiary/aromatic N) is 3. The molecule has 2 amide bonds. The Hall–Kier alpha value is -2.70. The molecule has 0 saturated carbocycles. The van der Waals surface area contributed by atoms with Crippen LogP contribution in [-0.2, 0) is 0 Å². The van der Waals surface area contributed by atoms with E-state index in [-0.39, 0.29) is 12.1 Å². The Labute approximate surface area is 153 Å². The molecule has 1 aliphatic heterocycles. The standard InChI is InChI=1S/C20H24N4O2/c1-23(2)18-13-24(14-19(18)25)20(26)22-17-8-5-6-15(12-17)9-10-16-7-3-4-11-21-16/h3-12,18-19,25H,13-14H2,1-2H3,(H,22,26)/t18-,19-/m0/s1. The minimum absolute atomic E-state index is 0.0339. The summed E-state index contributed by atoms with van der Waals surface area (Å²) >= 11 is 0. The molecule has 136 valence electrons. The lowest BCUT2D eigenvalue weighted by molar-refractivity contribution is 0.113. The molecular weight excluding hydrogens is 328 g/mol. The Kier molecular flexibility index (Phi) is 5.65. The number of rotatable bonds is 4. The van der Waals surface area contributed by atoms with Gasteiger partial charge >= 0.3 is 6.03 Å². The first-order valence-corrected chi connectivity index (χ1v) is 8.62. The Morgan fingerprint density at radius 2 is 2.08 bits per heavy atom. The van der Waals surface area contributed by atoms with E-state index in [1.165, 1.54) is 0 Å². The first-order chi connectivity index (χ1) is 12.5. The number of aliphatic hydroxyl groups excluding tert-OH is 1. The topological polar surface area (TPSA) is 68.7 Å². The van der Waals surface area contributed by atoms with Crippen molar-refractivity contribution in [1.29, 1.82) is 0 Å². The van der Waals surface area contributed by atoms with Crippen LogP contribution >= 0.6 is 0 Å². The third kappa shape index (κ3) is 4.47. The molecule has 1 aromatic carbocycles. The minimum Gasteiger partial charge on any atom is -0.390 e. The number of benzene rings is 1. The largest absolute Gasteiger partial charge is 0.390 e. The van der Waals surface area contributed by atoms with Crippen LogP contribution in [0.25, 0.3) is 12.2 Å². The van der Waals surface area contributed by atoms with Gasteiger partial charge in [0.05, 0.1) is 24.4 Å². The van der Waals surface area contributed by atoms with Gasteiger partial charge in [0.1, 0.15) is 0 Å². The smallest absolute Gasteiger partial charge is 0.321 e. The molecule has 6 heteroatoms. The summed E-state index contributed by atoms with van der Waals surface area (Å²) < 4.78 is 0. The summed E-state index contributed by atoms with van der Waals surface area (Å²) in [6.45, 7) is 0.854. The molecule has 26 heavy (non-hydrogen) atoms. The number of aromatic nitrogens is 1. The summed E-state index contributed by atoms with van der Waals surface area (Å²) in [6, 6.07) is 13.2. The Morgan fingerprint density at radius 1 is 1.23 bits per heavy atom. The van der Waals surface area contributed by atoms with Crippen molar-refractivity contribution in [3.63, 3.8) is 0 Å². The zero-order chi connectivity index (χ0) is 18.5. The highest BCUT2D eigenvalue weighted by Gasteiger charge is 2.35. The highest BCUT2D eigenvalue weighted by atomic mass is 16.3. The fourth-order valence-corrected chi connectivity index (χ4v) is 3.02. The second-order valence-corrected chi connectivity index (χ2v) is 6.65. The van der Waals surface area contributed by atoms with E-state index in [0.717, 1.165) is 16.9 Å². The number of aliphatic hydroxyl groups is 1. The molecule has 0 spiro atoms. The number of carbonyl (C=O) groups is 1. The van der Waals surface area contributed by atoms with Gasteiger partial charge in [0.2, 0.25) is 0 Å². The van der Waals surface area contributed by atoms with Gasteiger partial charge in [-0.05, 0) is 50.0 Å². The third-order valence-corrected chi connectivity index (χ3v) is 4.48. The van der Waals surface area contributed by atoms with E-state index in [1.54, 1.807) is 11.1 Å². The first kappa shape index (κ1) is 18.1. The minimum atomic E-state index is -0.525. The fraction of sp³-hybridized carbons (Fsp3) is 0.300. The molecule has 2 N–H and O–H groups in total. The molecule has 0 bridgehead atoms. The molecule has 1 aromatic heterocycles. The van der Waals surface area contributed by atoms with Crippen LogP contribution in [0.2, 0.25) is 0 Å². The van der Waals surface area contributed by atoms with E-state index < -0.39 is 6.10 Å². The van der Waals surface area contributed by atoms with E-state index in [2.05, 4.69) is 10.3 Å². The van der Waals surface area contributed by atoms with Gasteiger partial charge in [0, 0.05) is 18.4 Å². The van der Waals surface area contributed by atoms with Gasteiger partial charge in [-0.2, -0.15) is 0 Å². The van der Waals surface area contributed by atoms with Crippen LogP contribution in [0.5, 0.6) is 0 Å². The van der Waals surface area contributed by atoms with Crippen LogP contribution in [-0.4, -0.2) is 65.3 Å². The third-order valence-electron chi connectivity index (χ3n) is 4.48. The second-order valence-electron chi connectivity index (χ2n) is 6.65. The maximum Gasteiger partial charge on any atom is 0.321 e. The van der Waals surface area contributed by atoms with Crippen molar-refractivity contribution in [1.82, 2.24) is 14.8 Å². The van der Waals surface area contributed by atoms with E-state index in [0.29, 0.717) is 13.1 Å². The summed E-state index contributed by atoms with van der Waals surface area (Å²) in [5.41, 5.74) is 2.57. The summed E-state index contributed by atoms with van der Waals surface area (Å²) in [7, 11) is 3.82. The van der Waals surface area contributed by atoms with Gasteiger partial charge in [-0.25, -0.2) is 4.79 Å². The average Bonchev–Trinajstić information content (AvgIpc) is 3.03. The van der Waals surface area contributed by atoms with E-state index in [4.69, 9.17) is 0 Å². The van der Waals surface area contributed by atoms with E-state index >= 15 is 0 Å². The van der Waals surface area contributed by atoms with Crippen LogP contribution in [0.1, 0.15) is 11.3 Å². The number of anilines is 1. The predicted octanol–water partition coefficient (Wildman–Crippen LogP) is 2.39. The van der Waals surface area contributed by atoms with E-state index in [1.807, 2.05) is 73.6 Å². The zero-order valence-corrected chi connectivity index (χ0v) is 15.0. The van der Waals surface area contributed by atoms with Gasteiger partial charge in [-0.3, -0.25) is 4.98 Å². The highest BCUT2D eigenvalue weighted by molar-refractivity contribution is 5.90. The van der Waals surface area contributed by atoms with Gasteiger partial charge in [-0.1, -0.05) is 24.3 Å². The molecule has 0 unspecified atom stereocenters. The molecular formula is C20H24N4O2. The van der Waals surface area contributed by atoms with Crippen molar-refractivity contribution in [2.75, 3.05) is 32.5 Å². The summed E-state index contributed by atoms with van der Waals surface area (Å²) in [6.07, 6.45) is 5.12. The number of likely N-dealkylation sites (tertiary alicyclic amines) is 1. The molecule has 1 saturated heterocycles.